The SMILES string of the molecule is CCCC(CC/C=C(\C)C(N)=O)C(C)O. The van der Waals surface area contributed by atoms with Crippen LogP contribution < -0.4 is 5.73 Å². The highest BCUT2D eigenvalue weighted by Gasteiger charge is 2.12. The van der Waals surface area contributed by atoms with Crippen LogP contribution in [0.5, 0.6) is 0 Å². The van der Waals surface area contributed by atoms with Crippen molar-refractivity contribution >= 4 is 5.91 Å². The molecule has 0 aliphatic carbocycles. The average Bonchev–Trinajstić information content (AvgIpc) is 2.15. The van der Waals surface area contributed by atoms with Gasteiger partial charge >= 0.3 is 0 Å². The van der Waals surface area contributed by atoms with Gasteiger partial charge in [-0.2, -0.15) is 0 Å². The lowest BCUT2D eigenvalue weighted by Gasteiger charge is -2.18. The lowest BCUT2D eigenvalue weighted by molar-refractivity contribution is -0.114. The summed E-state index contributed by atoms with van der Waals surface area (Å²) in [5, 5.41) is 9.51. The number of allylic oxidation sites excluding steroid dienone is 1. The van der Waals surface area contributed by atoms with E-state index in [4.69, 9.17) is 5.73 Å². The summed E-state index contributed by atoms with van der Waals surface area (Å²) in [4.78, 5) is 10.7. The maximum absolute atomic E-state index is 10.7. The molecule has 0 saturated carbocycles. The summed E-state index contributed by atoms with van der Waals surface area (Å²) < 4.78 is 0. The van der Waals surface area contributed by atoms with E-state index in [2.05, 4.69) is 6.92 Å². The second-order valence-corrected chi connectivity index (χ2v) is 4.12. The molecular formula is C12H23NO2. The van der Waals surface area contributed by atoms with Gasteiger partial charge in [-0.15, -0.1) is 0 Å². The third kappa shape index (κ3) is 6.28. The standard InChI is InChI=1S/C12H23NO2/c1-4-6-11(10(3)14)8-5-7-9(2)12(13)15/h7,10-11,14H,4-6,8H2,1-3H3,(H2,13,15)/b9-7+. The Labute approximate surface area is 92.4 Å². The number of rotatable bonds is 7. The first-order valence-electron chi connectivity index (χ1n) is 5.63. The number of hydrogen-bond acceptors (Lipinski definition) is 2. The molecule has 3 heteroatoms. The van der Waals surface area contributed by atoms with Gasteiger partial charge in [-0.3, -0.25) is 4.79 Å². The van der Waals surface area contributed by atoms with Crippen LogP contribution in [0.25, 0.3) is 0 Å². The molecule has 1 amide bonds. The molecule has 0 heterocycles. The second-order valence-electron chi connectivity index (χ2n) is 4.12. The summed E-state index contributed by atoms with van der Waals surface area (Å²) in [7, 11) is 0. The van der Waals surface area contributed by atoms with Crippen LogP contribution in [0.15, 0.2) is 11.6 Å². The molecule has 88 valence electrons. The van der Waals surface area contributed by atoms with Crippen LogP contribution in [0.4, 0.5) is 0 Å². The number of nitrogens with two attached hydrogens (primary N) is 1. The molecule has 0 spiro atoms. The van der Waals surface area contributed by atoms with Crippen molar-refractivity contribution in [2.24, 2.45) is 11.7 Å². The normalized spacial score (nSPS) is 16.1. The number of aliphatic hydroxyl groups excluding tert-OH is 1. The summed E-state index contributed by atoms with van der Waals surface area (Å²) in [5.74, 6) is -0.0361. The molecule has 0 aromatic heterocycles. The van der Waals surface area contributed by atoms with Gasteiger partial charge in [0.05, 0.1) is 6.10 Å². The molecule has 0 aromatic carbocycles. The highest BCUT2D eigenvalue weighted by atomic mass is 16.3. The smallest absolute Gasteiger partial charge is 0.244 e. The minimum absolute atomic E-state index is 0.271. The highest BCUT2D eigenvalue weighted by Crippen LogP contribution is 2.18. The van der Waals surface area contributed by atoms with E-state index in [1.807, 2.05) is 13.0 Å². The van der Waals surface area contributed by atoms with Crippen LogP contribution in [0.3, 0.4) is 0 Å². The van der Waals surface area contributed by atoms with E-state index in [9.17, 15) is 9.90 Å². The maximum Gasteiger partial charge on any atom is 0.244 e. The van der Waals surface area contributed by atoms with Crippen molar-refractivity contribution in [3.63, 3.8) is 0 Å². The van der Waals surface area contributed by atoms with Gasteiger partial charge in [0.2, 0.25) is 5.91 Å². The zero-order chi connectivity index (χ0) is 11.8. The topological polar surface area (TPSA) is 63.3 Å². The van der Waals surface area contributed by atoms with E-state index in [1.165, 1.54) is 0 Å². The summed E-state index contributed by atoms with van der Waals surface area (Å²) in [5.41, 5.74) is 5.72. The van der Waals surface area contributed by atoms with Crippen LogP contribution in [0.2, 0.25) is 0 Å². The minimum atomic E-state index is -0.362. The fourth-order valence-corrected chi connectivity index (χ4v) is 1.61. The third-order valence-electron chi connectivity index (χ3n) is 2.72. The van der Waals surface area contributed by atoms with Gasteiger partial charge in [0, 0.05) is 5.57 Å². The predicted molar refractivity (Wildman–Crippen MR) is 62.3 cm³/mol. The first kappa shape index (κ1) is 14.2. The van der Waals surface area contributed by atoms with Crippen molar-refractivity contribution in [2.45, 2.75) is 52.6 Å². The molecular weight excluding hydrogens is 190 g/mol. The van der Waals surface area contributed by atoms with Crippen molar-refractivity contribution < 1.29 is 9.90 Å². The Kier molecular flexibility index (Phi) is 7.05. The summed E-state index contributed by atoms with van der Waals surface area (Å²) >= 11 is 0. The van der Waals surface area contributed by atoms with Gasteiger partial charge in [0.15, 0.2) is 0 Å². The van der Waals surface area contributed by atoms with E-state index < -0.39 is 0 Å². The number of carbonyl (C=O) groups excluding carboxylic acids is 1. The molecule has 0 bridgehead atoms. The molecule has 0 radical (unpaired) electrons. The third-order valence-corrected chi connectivity index (χ3v) is 2.72. The molecule has 3 nitrogen and oxygen atoms in total. The van der Waals surface area contributed by atoms with Crippen LogP contribution >= 0.6 is 0 Å². The van der Waals surface area contributed by atoms with E-state index >= 15 is 0 Å². The molecule has 2 unspecified atom stereocenters. The zero-order valence-corrected chi connectivity index (χ0v) is 9.99. The Morgan fingerprint density at radius 1 is 1.47 bits per heavy atom. The quantitative estimate of drug-likeness (QED) is 0.635. The monoisotopic (exact) mass is 213 g/mol. The number of amides is 1. The largest absolute Gasteiger partial charge is 0.393 e. The molecule has 0 aromatic rings. The number of carbonyl (C=O) groups is 1. The molecule has 3 N–H and O–H groups in total. The molecule has 0 rings (SSSR count). The summed E-state index contributed by atoms with van der Waals surface area (Å²) in [6, 6.07) is 0. The lowest BCUT2D eigenvalue weighted by Crippen LogP contribution is -2.16. The fraction of sp³-hybridized carbons (Fsp3) is 0.750. The van der Waals surface area contributed by atoms with Crippen molar-refractivity contribution in [2.75, 3.05) is 0 Å². The number of hydrogen-bond donors (Lipinski definition) is 2. The van der Waals surface area contributed by atoms with Crippen LogP contribution in [-0.4, -0.2) is 17.1 Å². The Bertz CT molecular complexity index is 222. The van der Waals surface area contributed by atoms with Crippen molar-refractivity contribution in [1.82, 2.24) is 0 Å². The average molecular weight is 213 g/mol. The van der Waals surface area contributed by atoms with Crippen LogP contribution in [0, 0.1) is 5.92 Å². The number of aliphatic hydroxyl groups is 1. The van der Waals surface area contributed by atoms with Gasteiger partial charge in [-0.1, -0.05) is 19.4 Å². The van der Waals surface area contributed by atoms with E-state index in [0.717, 1.165) is 25.7 Å². The Balaban J connectivity index is 4.00. The molecule has 2 atom stereocenters. The second kappa shape index (κ2) is 7.46. The molecule has 0 aliphatic heterocycles. The minimum Gasteiger partial charge on any atom is -0.393 e. The molecule has 15 heavy (non-hydrogen) atoms. The van der Waals surface area contributed by atoms with Gasteiger partial charge in [0.25, 0.3) is 0 Å². The predicted octanol–water partition coefficient (Wildman–Crippen LogP) is 2.00. The zero-order valence-electron chi connectivity index (χ0n) is 9.99. The first-order valence-corrected chi connectivity index (χ1v) is 5.63. The Hall–Kier alpha value is -0.830. The fourth-order valence-electron chi connectivity index (χ4n) is 1.61. The van der Waals surface area contributed by atoms with Crippen molar-refractivity contribution in [3.8, 4) is 0 Å². The van der Waals surface area contributed by atoms with E-state index in [1.54, 1.807) is 6.92 Å². The number of primary amides is 1. The molecule has 0 saturated heterocycles. The first-order chi connectivity index (χ1) is 6.99. The lowest BCUT2D eigenvalue weighted by atomic mass is 9.92. The van der Waals surface area contributed by atoms with Gasteiger partial charge in [0.1, 0.15) is 0 Å². The molecule has 0 fully saturated rings. The van der Waals surface area contributed by atoms with E-state index in [-0.39, 0.29) is 12.0 Å². The Morgan fingerprint density at radius 3 is 2.47 bits per heavy atom. The summed E-state index contributed by atoms with van der Waals surface area (Å²) in [6.07, 6.45) is 5.41. The van der Waals surface area contributed by atoms with Crippen LogP contribution in [-0.2, 0) is 4.79 Å². The van der Waals surface area contributed by atoms with E-state index in [0.29, 0.717) is 11.5 Å². The maximum atomic E-state index is 10.7. The highest BCUT2D eigenvalue weighted by molar-refractivity contribution is 5.91. The van der Waals surface area contributed by atoms with Gasteiger partial charge in [-0.05, 0) is 39.0 Å². The van der Waals surface area contributed by atoms with Crippen molar-refractivity contribution in [1.29, 1.82) is 0 Å². The Morgan fingerprint density at radius 2 is 2.07 bits per heavy atom. The van der Waals surface area contributed by atoms with Crippen LogP contribution in [0.1, 0.15) is 46.5 Å². The van der Waals surface area contributed by atoms with Crippen molar-refractivity contribution in [3.05, 3.63) is 11.6 Å². The van der Waals surface area contributed by atoms with Gasteiger partial charge in [-0.25, -0.2) is 0 Å². The van der Waals surface area contributed by atoms with Gasteiger partial charge < -0.3 is 10.8 Å². The molecule has 0 aliphatic rings. The summed E-state index contributed by atoms with van der Waals surface area (Å²) in [6.45, 7) is 5.66.